The van der Waals surface area contributed by atoms with Crippen LogP contribution in [0, 0.1) is 5.92 Å². The van der Waals surface area contributed by atoms with Crippen LogP contribution in [0.15, 0.2) is 27.8 Å². The van der Waals surface area contributed by atoms with Crippen LogP contribution in [0.5, 0.6) is 0 Å². The van der Waals surface area contributed by atoms with Crippen LogP contribution in [-0.4, -0.2) is 17.0 Å². The molecule has 2 rings (SSSR count). The predicted molar refractivity (Wildman–Crippen MR) is 81.1 cm³/mol. The summed E-state index contributed by atoms with van der Waals surface area (Å²) >= 11 is 0. The van der Waals surface area contributed by atoms with Crippen molar-refractivity contribution in [1.82, 2.24) is 15.3 Å². The Bertz CT molecular complexity index is 700. The van der Waals surface area contributed by atoms with E-state index in [0.717, 1.165) is 18.4 Å². The van der Waals surface area contributed by atoms with Gasteiger partial charge in [-0.15, -0.1) is 0 Å². The van der Waals surface area contributed by atoms with Gasteiger partial charge in [-0.05, 0) is 43.5 Å². The minimum atomic E-state index is -0.616. The van der Waals surface area contributed by atoms with Crippen molar-refractivity contribution in [1.29, 1.82) is 0 Å². The lowest BCUT2D eigenvalue weighted by Gasteiger charge is -2.18. The molecule has 0 radical (unpaired) electrons. The Morgan fingerprint density at radius 2 is 1.70 bits per heavy atom. The van der Waals surface area contributed by atoms with Gasteiger partial charge in [0.05, 0.1) is 11.0 Å². The highest BCUT2D eigenvalue weighted by molar-refractivity contribution is 5.74. The van der Waals surface area contributed by atoms with Crippen LogP contribution in [0.3, 0.4) is 0 Å². The number of rotatable bonds is 5. The first kappa shape index (κ1) is 14.5. The van der Waals surface area contributed by atoms with Crippen LogP contribution in [0.25, 0.3) is 11.0 Å². The van der Waals surface area contributed by atoms with Gasteiger partial charge in [0, 0.05) is 6.04 Å². The third-order valence-electron chi connectivity index (χ3n) is 3.53. The van der Waals surface area contributed by atoms with E-state index in [-0.39, 0.29) is 6.04 Å². The minimum absolute atomic E-state index is 0.247. The molecule has 0 aliphatic carbocycles. The van der Waals surface area contributed by atoms with E-state index in [2.05, 4.69) is 29.1 Å². The van der Waals surface area contributed by atoms with Crippen molar-refractivity contribution >= 4 is 11.0 Å². The second kappa shape index (κ2) is 6.05. The smallest absolute Gasteiger partial charge is 0.314 e. The van der Waals surface area contributed by atoms with Gasteiger partial charge in [-0.3, -0.25) is 9.59 Å². The average Bonchev–Trinajstić information content (AvgIpc) is 2.40. The third kappa shape index (κ3) is 3.17. The van der Waals surface area contributed by atoms with E-state index in [1.807, 2.05) is 25.2 Å². The van der Waals surface area contributed by atoms with Gasteiger partial charge in [-0.1, -0.05) is 19.9 Å². The van der Waals surface area contributed by atoms with Gasteiger partial charge in [0.2, 0.25) is 0 Å². The topological polar surface area (TPSA) is 77.8 Å². The number of aromatic nitrogens is 2. The van der Waals surface area contributed by atoms with E-state index >= 15 is 0 Å². The zero-order chi connectivity index (χ0) is 14.7. The van der Waals surface area contributed by atoms with E-state index in [1.54, 1.807) is 0 Å². The molecule has 0 aliphatic rings. The summed E-state index contributed by atoms with van der Waals surface area (Å²) in [4.78, 5) is 27.8. The summed E-state index contributed by atoms with van der Waals surface area (Å²) in [5.74, 6) is 0.655. The molecule has 20 heavy (non-hydrogen) atoms. The van der Waals surface area contributed by atoms with Crippen molar-refractivity contribution in [3.05, 3.63) is 44.5 Å². The van der Waals surface area contributed by atoms with E-state index in [0.29, 0.717) is 17.0 Å². The summed E-state index contributed by atoms with van der Waals surface area (Å²) in [5.41, 5.74) is 1.20. The van der Waals surface area contributed by atoms with Crippen molar-refractivity contribution in [3.8, 4) is 0 Å². The first-order valence-electron chi connectivity index (χ1n) is 6.94. The van der Waals surface area contributed by atoms with Crippen molar-refractivity contribution in [2.45, 2.75) is 32.7 Å². The zero-order valence-electron chi connectivity index (χ0n) is 12.1. The summed E-state index contributed by atoms with van der Waals surface area (Å²) < 4.78 is 0. The molecule has 0 aliphatic heterocycles. The number of fused-ring (bicyclic) bond motifs is 1. The first-order chi connectivity index (χ1) is 9.51. The SMILES string of the molecule is CNC(CCC(C)C)c1ccc2[nH]c(=O)c(=O)[nH]c2c1. The Balaban J connectivity index is 2.36. The molecule has 1 atom stereocenters. The molecule has 0 bridgehead atoms. The molecule has 2 aromatic rings. The van der Waals surface area contributed by atoms with Gasteiger partial charge in [0.15, 0.2) is 0 Å². The lowest BCUT2D eigenvalue weighted by molar-refractivity contribution is 0.465. The standard InChI is InChI=1S/C15H21N3O2/c1-9(2)4-6-11(16-3)10-5-7-12-13(8-10)18-15(20)14(19)17-12/h5,7-9,11,16H,4,6H2,1-3H3,(H,17,19)(H,18,20). The van der Waals surface area contributed by atoms with E-state index in [4.69, 9.17) is 0 Å². The molecule has 108 valence electrons. The van der Waals surface area contributed by atoms with Crippen LogP contribution in [-0.2, 0) is 0 Å². The van der Waals surface area contributed by atoms with Gasteiger partial charge in [0.1, 0.15) is 0 Å². The molecular weight excluding hydrogens is 254 g/mol. The molecule has 0 saturated carbocycles. The maximum absolute atomic E-state index is 11.4. The van der Waals surface area contributed by atoms with Crippen molar-refractivity contribution in [2.24, 2.45) is 5.92 Å². The number of nitrogens with one attached hydrogen (secondary N) is 3. The van der Waals surface area contributed by atoms with E-state index in [1.165, 1.54) is 0 Å². The van der Waals surface area contributed by atoms with Gasteiger partial charge in [-0.25, -0.2) is 0 Å². The fourth-order valence-corrected chi connectivity index (χ4v) is 2.33. The lowest BCUT2D eigenvalue weighted by Crippen LogP contribution is -2.29. The summed E-state index contributed by atoms with van der Waals surface area (Å²) in [6.45, 7) is 4.41. The van der Waals surface area contributed by atoms with Crippen molar-refractivity contribution in [3.63, 3.8) is 0 Å². The Morgan fingerprint density at radius 3 is 2.30 bits per heavy atom. The Kier molecular flexibility index (Phi) is 4.39. The Hall–Kier alpha value is -1.88. The molecule has 1 aromatic heterocycles. The molecule has 0 saturated heterocycles. The minimum Gasteiger partial charge on any atom is -0.316 e. The lowest BCUT2D eigenvalue weighted by atomic mass is 9.97. The molecule has 5 heteroatoms. The van der Waals surface area contributed by atoms with Crippen LogP contribution in [0.4, 0.5) is 0 Å². The summed E-state index contributed by atoms with van der Waals surface area (Å²) in [6.07, 6.45) is 2.17. The summed E-state index contributed by atoms with van der Waals surface area (Å²) in [7, 11) is 1.94. The van der Waals surface area contributed by atoms with Gasteiger partial charge in [-0.2, -0.15) is 0 Å². The van der Waals surface area contributed by atoms with Crippen LogP contribution in [0.2, 0.25) is 0 Å². The fourth-order valence-electron chi connectivity index (χ4n) is 2.33. The zero-order valence-corrected chi connectivity index (χ0v) is 12.1. The number of benzene rings is 1. The summed E-state index contributed by atoms with van der Waals surface area (Å²) in [5, 5.41) is 3.30. The van der Waals surface area contributed by atoms with E-state index in [9.17, 15) is 9.59 Å². The Morgan fingerprint density at radius 1 is 1.05 bits per heavy atom. The van der Waals surface area contributed by atoms with Crippen LogP contribution in [0.1, 0.15) is 38.3 Å². The largest absolute Gasteiger partial charge is 0.316 e. The molecule has 1 aromatic carbocycles. The quantitative estimate of drug-likeness (QED) is 0.729. The van der Waals surface area contributed by atoms with Gasteiger partial charge >= 0.3 is 11.1 Å². The van der Waals surface area contributed by atoms with Gasteiger partial charge in [0.25, 0.3) is 0 Å². The number of H-pyrrole nitrogens is 2. The normalized spacial score (nSPS) is 13.0. The maximum Gasteiger partial charge on any atom is 0.314 e. The molecule has 0 fully saturated rings. The number of aromatic amines is 2. The van der Waals surface area contributed by atoms with Crippen molar-refractivity contribution < 1.29 is 0 Å². The molecule has 1 unspecified atom stereocenters. The molecule has 5 nitrogen and oxygen atoms in total. The van der Waals surface area contributed by atoms with Gasteiger partial charge < -0.3 is 15.3 Å². The van der Waals surface area contributed by atoms with E-state index < -0.39 is 11.1 Å². The Labute approximate surface area is 117 Å². The highest BCUT2D eigenvalue weighted by atomic mass is 16.2. The molecule has 1 heterocycles. The highest BCUT2D eigenvalue weighted by Gasteiger charge is 2.11. The highest BCUT2D eigenvalue weighted by Crippen LogP contribution is 2.22. The van der Waals surface area contributed by atoms with Crippen molar-refractivity contribution in [2.75, 3.05) is 7.05 Å². The van der Waals surface area contributed by atoms with Crippen LogP contribution < -0.4 is 16.4 Å². The monoisotopic (exact) mass is 275 g/mol. The molecule has 0 spiro atoms. The second-order valence-electron chi connectivity index (χ2n) is 5.53. The summed E-state index contributed by atoms with van der Waals surface area (Å²) in [6, 6.07) is 5.99. The predicted octanol–water partition coefficient (Wildman–Crippen LogP) is 1.91. The second-order valence-corrected chi connectivity index (χ2v) is 5.53. The molecular formula is C15H21N3O2. The average molecular weight is 275 g/mol. The molecule has 3 N–H and O–H groups in total. The molecule has 0 amide bonds. The number of hydrogen-bond acceptors (Lipinski definition) is 3. The third-order valence-corrected chi connectivity index (χ3v) is 3.53. The first-order valence-corrected chi connectivity index (χ1v) is 6.94. The van der Waals surface area contributed by atoms with Crippen LogP contribution >= 0.6 is 0 Å². The maximum atomic E-state index is 11.4. The fraction of sp³-hybridized carbons (Fsp3) is 0.467. The number of hydrogen-bond donors (Lipinski definition) is 3.